The van der Waals surface area contributed by atoms with Crippen molar-refractivity contribution in [2.45, 2.75) is 6.42 Å². The Labute approximate surface area is 166 Å². The molecule has 0 atom stereocenters. The minimum absolute atomic E-state index is 0.0378. The van der Waals surface area contributed by atoms with Crippen molar-refractivity contribution in [3.8, 4) is 17.2 Å². The number of aromatic amines is 1. The highest BCUT2D eigenvalue weighted by Crippen LogP contribution is 2.37. The van der Waals surface area contributed by atoms with Crippen molar-refractivity contribution in [3.05, 3.63) is 58.0 Å². The molecule has 0 aliphatic rings. The zero-order valence-electron chi connectivity index (χ0n) is 16.2. The van der Waals surface area contributed by atoms with Crippen LogP contribution in [0.1, 0.15) is 11.3 Å². The Balaban J connectivity index is 1.74. The maximum absolute atomic E-state index is 12.3. The standard InChI is InChI=1S/C20H20N4O5/c1-27-16-8-12(9-17(28-2)19(16)29-3)11-21-23-18(25)10-15-13-6-4-5-7-14(13)20(26)24-22-15/h4-9,11H,10H2,1-3H3,(H,23,25)(H,24,26)/b21-11+. The number of carbonyl (C=O) groups excluding carboxylic acids is 1. The van der Waals surface area contributed by atoms with Crippen LogP contribution < -0.4 is 25.2 Å². The Kier molecular flexibility index (Phi) is 6.08. The molecule has 2 N–H and O–H groups in total. The molecule has 3 aromatic rings. The van der Waals surface area contributed by atoms with Gasteiger partial charge in [0.1, 0.15) is 0 Å². The molecule has 1 amide bonds. The number of carbonyl (C=O) groups is 1. The molecule has 0 aliphatic carbocycles. The molecule has 0 unspecified atom stereocenters. The monoisotopic (exact) mass is 396 g/mol. The summed E-state index contributed by atoms with van der Waals surface area (Å²) in [7, 11) is 4.55. The number of rotatable bonds is 7. The number of aromatic nitrogens is 2. The largest absolute Gasteiger partial charge is 0.493 e. The molecule has 0 aliphatic heterocycles. The lowest BCUT2D eigenvalue weighted by Gasteiger charge is -2.12. The van der Waals surface area contributed by atoms with Crippen LogP contribution in [-0.4, -0.2) is 43.6 Å². The second kappa shape index (κ2) is 8.87. The fraction of sp³-hybridized carbons (Fsp3) is 0.200. The van der Waals surface area contributed by atoms with Crippen molar-refractivity contribution in [1.82, 2.24) is 15.6 Å². The van der Waals surface area contributed by atoms with E-state index in [2.05, 4.69) is 20.7 Å². The van der Waals surface area contributed by atoms with Gasteiger partial charge in [0.15, 0.2) is 11.5 Å². The molecule has 1 heterocycles. The zero-order valence-corrected chi connectivity index (χ0v) is 16.2. The number of nitrogens with zero attached hydrogens (tertiary/aromatic N) is 2. The molecule has 150 valence electrons. The first kappa shape index (κ1) is 19.9. The number of hydrazone groups is 1. The van der Waals surface area contributed by atoms with E-state index < -0.39 is 0 Å². The lowest BCUT2D eigenvalue weighted by Crippen LogP contribution is -2.22. The molecule has 9 nitrogen and oxygen atoms in total. The van der Waals surface area contributed by atoms with Crippen molar-refractivity contribution >= 4 is 22.9 Å². The SMILES string of the molecule is COc1cc(/C=N/NC(=O)Cc2n[nH]c(=O)c3ccccc23)cc(OC)c1OC. The lowest BCUT2D eigenvalue weighted by atomic mass is 10.1. The summed E-state index contributed by atoms with van der Waals surface area (Å²) in [6.07, 6.45) is 1.42. The number of hydrogen-bond donors (Lipinski definition) is 2. The number of benzene rings is 2. The van der Waals surface area contributed by atoms with Crippen LogP contribution in [0.3, 0.4) is 0 Å². The van der Waals surface area contributed by atoms with Crippen molar-refractivity contribution in [1.29, 1.82) is 0 Å². The number of ether oxygens (including phenoxy) is 3. The summed E-state index contributed by atoms with van der Waals surface area (Å²) >= 11 is 0. The Hall–Kier alpha value is -3.88. The van der Waals surface area contributed by atoms with E-state index in [1.807, 2.05) is 0 Å². The van der Waals surface area contributed by atoms with Crippen LogP contribution in [-0.2, 0) is 11.2 Å². The van der Waals surface area contributed by atoms with Gasteiger partial charge < -0.3 is 14.2 Å². The smallest absolute Gasteiger partial charge is 0.272 e. The van der Waals surface area contributed by atoms with Gasteiger partial charge in [0.2, 0.25) is 11.7 Å². The highest BCUT2D eigenvalue weighted by Gasteiger charge is 2.13. The lowest BCUT2D eigenvalue weighted by molar-refractivity contribution is -0.120. The molecule has 9 heteroatoms. The topological polar surface area (TPSA) is 115 Å². The number of methoxy groups -OCH3 is 3. The molecule has 2 aromatic carbocycles. The summed E-state index contributed by atoms with van der Waals surface area (Å²) in [4.78, 5) is 24.1. The first-order valence-electron chi connectivity index (χ1n) is 8.65. The number of amides is 1. The van der Waals surface area contributed by atoms with Gasteiger partial charge in [-0.25, -0.2) is 10.5 Å². The molecule has 3 rings (SSSR count). The average Bonchev–Trinajstić information content (AvgIpc) is 2.75. The fourth-order valence-corrected chi connectivity index (χ4v) is 2.85. The van der Waals surface area contributed by atoms with Gasteiger partial charge in [-0.15, -0.1) is 0 Å². The fourth-order valence-electron chi connectivity index (χ4n) is 2.85. The third-order valence-electron chi connectivity index (χ3n) is 4.19. The average molecular weight is 396 g/mol. The van der Waals surface area contributed by atoms with Crippen molar-refractivity contribution in [2.24, 2.45) is 5.10 Å². The van der Waals surface area contributed by atoms with Gasteiger partial charge in [-0.05, 0) is 18.2 Å². The van der Waals surface area contributed by atoms with E-state index in [-0.39, 0.29) is 17.9 Å². The number of hydrogen-bond acceptors (Lipinski definition) is 7. The Morgan fingerprint density at radius 2 is 1.76 bits per heavy atom. The second-order valence-electron chi connectivity index (χ2n) is 5.97. The van der Waals surface area contributed by atoms with Crippen molar-refractivity contribution < 1.29 is 19.0 Å². The predicted octanol–water partition coefficient (Wildman–Crippen LogP) is 1.64. The zero-order chi connectivity index (χ0) is 20.8. The van der Waals surface area contributed by atoms with Crippen LogP contribution in [0.2, 0.25) is 0 Å². The third-order valence-corrected chi connectivity index (χ3v) is 4.19. The third kappa shape index (κ3) is 4.34. The van der Waals surface area contributed by atoms with E-state index in [1.54, 1.807) is 36.4 Å². The van der Waals surface area contributed by atoms with Crippen molar-refractivity contribution in [3.63, 3.8) is 0 Å². The van der Waals surface area contributed by atoms with E-state index in [4.69, 9.17) is 14.2 Å². The molecular formula is C20H20N4O5. The van der Waals surface area contributed by atoms with Gasteiger partial charge >= 0.3 is 0 Å². The van der Waals surface area contributed by atoms with Gasteiger partial charge in [0.05, 0.1) is 45.0 Å². The minimum atomic E-state index is -0.376. The predicted molar refractivity (Wildman–Crippen MR) is 108 cm³/mol. The molecule has 0 saturated carbocycles. The minimum Gasteiger partial charge on any atom is -0.493 e. The summed E-state index contributed by atoms with van der Waals surface area (Å²) in [5, 5.41) is 11.5. The van der Waals surface area contributed by atoms with Crippen LogP contribution in [0.4, 0.5) is 0 Å². The summed E-state index contributed by atoms with van der Waals surface area (Å²) < 4.78 is 15.8. The van der Waals surface area contributed by atoms with Gasteiger partial charge in [-0.2, -0.15) is 10.2 Å². The molecule has 1 aromatic heterocycles. The van der Waals surface area contributed by atoms with Crippen LogP contribution >= 0.6 is 0 Å². The molecule has 0 radical (unpaired) electrons. The first-order valence-corrected chi connectivity index (χ1v) is 8.65. The Morgan fingerprint density at radius 1 is 1.10 bits per heavy atom. The number of nitrogens with one attached hydrogen (secondary N) is 2. The molecular weight excluding hydrogens is 376 g/mol. The summed E-state index contributed by atoms with van der Waals surface area (Å²) in [5.74, 6) is 1.04. The molecule has 29 heavy (non-hydrogen) atoms. The maximum Gasteiger partial charge on any atom is 0.272 e. The molecule has 0 bridgehead atoms. The second-order valence-corrected chi connectivity index (χ2v) is 5.97. The van der Waals surface area contributed by atoms with E-state index in [1.165, 1.54) is 27.5 Å². The summed E-state index contributed by atoms with van der Waals surface area (Å²) in [6.45, 7) is 0. The Morgan fingerprint density at radius 3 is 2.38 bits per heavy atom. The molecule has 0 spiro atoms. The van der Waals surface area contributed by atoms with Gasteiger partial charge in [-0.3, -0.25) is 9.59 Å². The Bertz CT molecular complexity index is 1100. The van der Waals surface area contributed by atoms with E-state index in [9.17, 15) is 9.59 Å². The number of H-pyrrole nitrogens is 1. The van der Waals surface area contributed by atoms with E-state index in [0.717, 1.165) is 0 Å². The first-order chi connectivity index (χ1) is 14.1. The normalized spacial score (nSPS) is 10.9. The number of fused-ring (bicyclic) bond motifs is 1. The van der Waals surface area contributed by atoms with E-state index >= 15 is 0 Å². The molecule has 0 fully saturated rings. The van der Waals surface area contributed by atoms with Gasteiger partial charge in [-0.1, -0.05) is 18.2 Å². The highest BCUT2D eigenvalue weighted by molar-refractivity contribution is 5.89. The van der Waals surface area contributed by atoms with Gasteiger partial charge in [0.25, 0.3) is 5.56 Å². The van der Waals surface area contributed by atoms with Crippen LogP contribution in [0.25, 0.3) is 10.8 Å². The van der Waals surface area contributed by atoms with Crippen LogP contribution in [0.15, 0.2) is 46.3 Å². The van der Waals surface area contributed by atoms with Crippen molar-refractivity contribution in [2.75, 3.05) is 21.3 Å². The van der Waals surface area contributed by atoms with Crippen LogP contribution in [0, 0.1) is 0 Å². The van der Waals surface area contributed by atoms with Crippen LogP contribution in [0.5, 0.6) is 17.2 Å². The van der Waals surface area contributed by atoms with E-state index in [0.29, 0.717) is 39.3 Å². The highest BCUT2D eigenvalue weighted by atomic mass is 16.5. The van der Waals surface area contributed by atoms with Gasteiger partial charge in [0, 0.05) is 10.9 Å². The summed E-state index contributed by atoms with van der Waals surface area (Å²) in [6, 6.07) is 10.4. The maximum atomic E-state index is 12.3. The summed E-state index contributed by atoms with van der Waals surface area (Å²) in [5.41, 5.74) is 3.25. The quantitative estimate of drug-likeness (QED) is 0.463. The molecule has 0 saturated heterocycles.